The highest BCUT2D eigenvalue weighted by Gasteiger charge is 2.35. The number of H-pyrrole nitrogens is 1. The number of aliphatic hydroxyl groups excluding tert-OH is 1. The van der Waals surface area contributed by atoms with Crippen molar-refractivity contribution in [2.45, 2.75) is 50.8 Å². The summed E-state index contributed by atoms with van der Waals surface area (Å²) in [5.41, 5.74) is 2.62. The van der Waals surface area contributed by atoms with Crippen LogP contribution in [0.4, 0.5) is 13.2 Å². The highest BCUT2D eigenvalue weighted by atomic mass is 32.2. The van der Waals surface area contributed by atoms with E-state index in [9.17, 15) is 13.2 Å². The minimum Gasteiger partial charge on any atom is -0.395 e. The fourth-order valence-electron chi connectivity index (χ4n) is 3.66. The first-order valence-corrected chi connectivity index (χ1v) is 11.1. The normalized spacial score (nSPS) is 19.2. The molecule has 1 aliphatic rings. The third kappa shape index (κ3) is 4.68. The highest BCUT2D eigenvalue weighted by molar-refractivity contribution is 7.98. The van der Waals surface area contributed by atoms with Gasteiger partial charge in [0.05, 0.1) is 17.8 Å². The SMILES string of the molecule is CC.CC(CO)NSC1CC(c2c(-c3ccc(F)cc3)[nH]c3c(F)cc(F)cc23)C1. The molecular formula is C23H27F3N2OS. The summed E-state index contributed by atoms with van der Waals surface area (Å²) < 4.78 is 44.8. The number of aliphatic hydroxyl groups is 1. The van der Waals surface area contributed by atoms with Crippen LogP contribution in [0.25, 0.3) is 22.2 Å². The molecule has 1 aliphatic carbocycles. The fraction of sp³-hybridized carbons (Fsp3) is 0.391. The standard InChI is InChI=1S/C21H21F3N2OS.C2H6/c1-11(10-27)26-28-16-6-13(7-16)19-17-8-15(23)9-18(24)21(17)25-20(19)12-2-4-14(22)5-3-12;1-2/h2-5,8-9,11,13,16,25-27H,6-7,10H2,1H3;1-2H3. The van der Waals surface area contributed by atoms with Crippen molar-refractivity contribution in [3.63, 3.8) is 0 Å². The molecule has 1 fully saturated rings. The van der Waals surface area contributed by atoms with Gasteiger partial charge in [-0.3, -0.25) is 4.72 Å². The van der Waals surface area contributed by atoms with Crippen LogP contribution in [0.1, 0.15) is 45.1 Å². The molecule has 3 aromatic rings. The molecule has 0 aliphatic heterocycles. The number of rotatable bonds is 6. The van der Waals surface area contributed by atoms with E-state index in [0.29, 0.717) is 16.3 Å². The van der Waals surface area contributed by atoms with Gasteiger partial charge in [-0.25, -0.2) is 13.2 Å². The number of halogens is 3. The van der Waals surface area contributed by atoms with Crippen LogP contribution in [0.5, 0.6) is 0 Å². The van der Waals surface area contributed by atoms with Crippen LogP contribution in [-0.2, 0) is 0 Å². The van der Waals surface area contributed by atoms with E-state index >= 15 is 0 Å². The lowest BCUT2D eigenvalue weighted by Gasteiger charge is -2.36. The zero-order valence-corrected chi connectivity index (χ0v) is 18.1. The van der Waals surface area contributed by atoms with Gasteiger partial charge in [0, 0.05) is 22.7 Å². The van der Waals surface area contributed by atoms with E-state index in [2.05, 4.69) is 9.71 Å². The second-order valence-electron chi connectivity index (χ2n) is 7.34. The molecule has 1 atom stereocenters. The van der Waals surface area contributed by atoms with E-state index in [1.165, 1.54) is 18.2 Å². The maximum atomic E-state index is 14.4. The molecule has 1 heterocycles. The molecule has 1 saturated carbocycles. The van der Waals surface area contributed by atoms with Gasteiger partial charge in [-0.1, -0.05) is 25.8 Å². The molecule has 2 aromatic carbocycles. The first kappa shape index (κ1) is 22.7. The molecule has 30 heavy (non-hydrogen) atoms. The zero-order chi connectivity index (χ0) is 21.8. The molecule has 0 spiro atoms. The van der Waals surface area contributed by atoms with Gasteiger partial charge in [-0.2, -0.15) is 0 Å². The van der Waals surface area contributed by atoms with Crippen molar-refractivity contribution in [2.24, 2.45) is 0 Å². The number of hydrogen-bond donors (Lipinski definition) is 3. The topological polar surface area (TPSA) is 48.0 Å². The van der Waals surface area contributed by atoms with E-state index < -0.39 is 11.6 Å². The lowest BCUT2D eigenvalue weighted by atomic mass is 9.77. The van der Waals surface area contributed by atoms with Crippen LogP contribution >= 0.6 is 11.9 Å². The molecular weight excluding hydrogens is 409 g/mol. The smallest absolute Gasteiger partial charge is 0.150 e. The molecule has 0 amide bonds. The predicted octanol–water partition coefficient (Wildman–Crippen LogP) is 6.14. The number of benzene rings is 2. The minimum absolute atomic E-state index is 0.00936. The van der Waals surface area contributed by atoms with Crippen molar-refractivity contribution in [3.8, 4) is 11.3 Å². The van der Waals surface area contributed by atoms with Crippen molar-refractivity contribution >= 4 is 22.9 Å². The van der Waals surface area contributed by atoms with Crippen LogP contribution in [0.2, 0.25) is 0 Å². The summed E-state index contributed by atoms with van der Waals surface area (Å²) in [7, 11) is 0. The lowest BCUT2D eigenvalue weighted by molar-refractivity contribution is 0.267. The number of aromatic nitrogens is 1. The van der Waals surface area contributed by atoms with Gasteiger partial charge >= 0.3 is 0 Å². The van der Waals surface area contributed by atoms with Crippen molar-refractivity contribution in [1.29, 1.82) is 0 Å². The lowest BCUT2D eigenvalue weighted by Crippen LogP contribution is -2.31. The van der Waals surface area contributed by atoms with Crippen LogP contribution in [0, 0.1) is 17.5 Å². The molecule has 1 aromatic heterocycles. The van der Waals surface area contributed by atoms with E-state index in [1.807, 2.05) is 20.8 Å². The maximum Gasteiger partial charge on any atom is 0.150 e. The van der Waals surface area contributed by atoms with Crippen LogP contribution in [0.15, 0.2) is 36.4 Å². The summed E-state index contributed by atoms with van der Waals surface area (Å²) in [6.45, 7) is 5.97. The summed E-state index contributed by atoms with van der Waals surface area (Å²) in [6.07, 6.45) is 1.71. The molecule has 3 N–H and O–H groups in total. The second kappa shape index (κ2) is 9.90. The van der Waals surface area contributed by atoms with Crippen LogP contribution < -0.4 is 4.72 Å². The van der Waals surface area contributed by atoms with Gasteiger partial charge in [-0.15, -0.1) is 0 Å². The Balaban J connectivity index is 0.00000124. The Kier molecular flexibility index (Phi) is 7.50. The Hall–Kier alpha value is -1.96. The Bertz CT molecular complexity index is 984. The van der Waals surface area contributed by atoms with Crippen LogP contribution in [0.3, 0.4) is 0 Å². The van der Waals surface area contributed by atoms with E-state index in [1.54, 1.807) is 24.1 Å². The molecule has 0 radical (unpaired) electrons. The summed E-state index contributed by atoms with van der Waals surface area (Å²) in [5, 5.41) is 10.0. The third-order valence-corrected chi connectivity index (χ3v) is 6.47. The first-order valence-electron chi connectivity index (χ1n) is 10.2. The minimum atomic E-state index is -0.631. The number of aromatic amines is 1. The zero-order valence-electron chi connectivity index (χ0n) is 17.3. The molecule has 0 saturated heterocycles. The molecule has 7 heteroatoms. The van der Waals surface area contributed by atoms with Gasteiger partial charge < -0.3 is 10.1 Å². The van der Waals surface area contributed by atoms with Crippen molar-refractivity contribution in [3.05, 3.63) is 59.4 Å². The average molecular weight is 437 g/mol. The number of fused-ring (bicyclic) bond motifs is 1. The second-order valence-corrected chi connectivity index (χ2v) is 8.48. The molecule has 3 nitrogen and oxygen atoms in total. The monoisotopic (exact) mass is 436 g/mol. The van der Waals surface area contributed by atoms with Crippen molar-refractivity contribution in [2.75, 3.05) is 6.61 Å². The molecule has 4 rings (SSSR count). The molecule has 1 unspecified atom stereocenters. The van der Waals surface area contributed by atoms with Gasteiger partial charge in [0.15, 0.2) is 0 Å². The molecule has 0 bridgehead atoms. The highest BCUT2D eigenvalue weighted by Crippen LogP contribution is 2.48. The summed E-state index contributed by atoms with van der Waals surface area (Å²) in [6, 6.07) is 8.26. The van der Waals surface area contributed by atoms with Gasteiger partial charge in [0.1, 0.15) is 17.5 Å². The number of nitrogens with one attached hydrogen (secondary N) is 2. The van der Waals surface area contributed by atoms with Gasteiger partial charge in [0.25, 0.3) is 0 Å². The Morgan fingerprint density at radius 1 is 1.10 bits per heavy atom. The van der Waals surface area contributed by atoms with Crippen molar-refractivity contribution < 1.29 is 18.3 Å². The summed E-state index contributed by atoms with van der Waals surface area (Å²) >= 11 is 1.59. The maximum absolute atomic E-state index is 14.4. The first-order chi connectivity index (χ1) is 14.5. The number of hydrogen-bond acceptors (Lipinski definition) is 3. The Morgan fingerprint density at radius 2 is 1.77 bits per heavy atom. The molecule has 162 valence electrons. The summed E-state index contributed by atoms with van der Waals surface area (Å²) in [5.74, 6) is -1.44. The average Bonchev–Trinajstić information content (AvgIpc) is 3.08. The van der Waals surface area contributed by atoms with Crippen molar-refractivity contribution in [1.82, 2.24) is 9.71 Å². The van der Waals surface area contributed by atoms with E-state index in [0.717, 1.165) is 30.0 Å². The largest absolute Gasteiger partial charge is 0.395 e. The Morgan fingerprint density at radius 3 is 2.40 bits per heavy atom. The Labute approximate surface area is 179 Å². The van der Waals surface area contributed by atoms with Crippen LogP contribution in [-0.4, -0.2) is 28.0 Å². The third-order valence-electron chi connectivity index (χ3n) is 5.21. The fourth-order valence-corrected chi connectivity index (χ4v) is 4.81. The van der Waals surface area contributed by atoms with E-state index in [-0.39, 0.29) is 29.9 Å². The summed E-state index contributed by atoms with van der Waals surface area (Å²) in [4.78, 5) is 3.10. The van der Waals surface area contributed by atoms with E-state index in [4.69, 9.17) is 5.11 Å². The van der Waals surface area contributed by atoms with Gasteiger partial charge in [0.2, 0.25) is 0 Å². The quantitative estimate of drug-likeness (QED) is 0.407. The predicted molar refractivity (Wildman–Crippen MR) is 118 cm³/mol. The van der Waals surface area contributed by atoms with Gasteiger partial charge in [-0.05, 0) is 67.1 Å².